The molecule has 2 unspecified atom stereocenters. The van der Waals surface area contributed by atoms with Gasteiger partial charge in [-0.05, 0) is 30.7 Å². The molecule has 1 fully saturated rings. The molecule has 1 heterocycles. The summed E-state index contributed by atoms with van der Waals surface area (Å²) in [5.41, 5.74) is 0.963. The van der Waals surface area contributed by atoms with Gasteiger partial charge < -0.3 is 19.9 Å². The number of aliphatic carboxylic acids is 1. The zero-order valence-electron chi connectivity index (χ0n) is 10.5. The summed E-state index contributed by atoms with van der Waals surface area (Å²) < 4.78 is 10.4. The first-order chi connectivity index (χ1) is 8.67. The van der Waals surface area contributed by atoms with E-state index in [1.54, 1.807) is 14.2 Å². The molecule has 1 aromatic carbocycles. The normalized spacial score (nSPS) is 22.8. The maximum atomic E-state index is 11.1. The molecule has 0 aliphatic carbocycles. The molecule has 1 aliphatic heterocycles. The lowest BCUT2D eigenvalue weighted by Crippen LogP contribution is -2.34. The predicted molar refractivity (Wildman–Crippen MR) is 66.3 cm³/mol. The van der Waals surface area contributed by atoms with Crippen LogP contribution in [0.4, 0.5) is 0 Å². The highest BCUT2D eigenvalue weighted by Crippen LogP contribution is 2.34. The van der Waals surface area contributed by atoms with Crippen LogP contribution in [0.3, 0.4) is 0 Å². The second-order valence-electron chi connectivity index (χ2n) is 4.28. The lowest BCUT2D eigenvalue weighted by atomic mass is 9.91. The van der Waals surface area contributed by atoms with E-state index in [-0.39, 0.29) is 5.92 Å². The third-order valence-corrected chi connectivity index (χ3v) is 3.32. The standard InChI is InChI=1S/C13H17NO4/c1-17-10-4-3-8(7-11(10)18-2)9-5-6-14-12(9)13(15)16/h3-4,7,9,12,14H,5-6H2,1-2H3,(H,15,16). The highest BCUT2D eigenvalue weighted by atomic mass is 16.5. The van der Waals surface area contributed by atoms with Crippen LogP contribution in [0.2, 0.25) is 0 Å². The van der Waals surface area contributed by atoms with Gasteiger partial charge in [-0.25, -0.2) is 0 Å². The van der Waals surface area contributed by atoms with Crippen molar-refractivity contribution in [3.05, 3.63) is 23.8 Å². The van der Waals surface area contributed by atoms with Crippen LogP contribution in [-0.4, -0.2) is 37.9 Å². The Morgan fingerprint density at radius 3 is 2.67 bits per heavy atom. The number of nitrogens with one attached hydrogen (secondary N) is 1. The summed E-state index contributed by atoms with van der Waals surface area (Å²) >= 11 is 0. The Morgan fingerprint density at radius 1 is 1.33 bits per heavy atom. The molecular weight excluding hydrogens is 234 g/mol. The number of carbonyl (C=O) groups is 1. The molecule has 0 spiro atoms. The monoisotopic (exact) mass is 251 g/mol. The third-order valence-electron chi connectivity index (χ3n) is 3.32. The Morgan fingerprint density at radius 2 is 2.06 bits per heavy atom. The largest absolute Gasteiger partial charge is 0.493 e. The number of benzene rings is 1. The first kappa shape index (κ1) is 12.7. The molecule has 0 amide bonds. The van der Waals surface area contributed by atoms with Crippen molar-refractivity contribution in [2.75, 3.05) is 20.8 Å². The SMILES string of the molecule is COc1ccc(C2CCNC2C(=O)O)cc1OC. The van der Waals surface area contributed by atoms with Gasteiger partial charge in [0, 0.05) is 5.92 Å². The number of hydrogen-bond acceptors (Lipinski definition) is 4. The number of hydrogen-bond donors (Lipinski definition) is 2. The Balaban J connectivity index is 2.30. The Bertz CT molecular complexity index is 447. The maximum absolute atomic E-state index is 11.1. The van der Waals surface area contributed by atoms with Gasteiger partial charge in [0.25, 0.3) is 0 Å². The summed E-state index contributed by atoms with van der Waals surface area (Å²) in [6.45, 7) is 0.718. The molecule has 1 aliphatic rings. The Labute approximate surface area is 106 Å². The summed E-state index contributed by atoms with van der Waals surface area (Å²) in [5.74, 6) is 0.444. The third kappa shape index (κ3) is 2.26. The summed E-state index contributed by atoms with van der Waals surface area (Å²) in [6, 6.07) is 5.04. The van der Waals surface area contributed by atoms with E-state index < -0.39 is 12.0 Å². The van der Waals surface area contributed by atoms with Crippen molar-refractivity contribution in [2.24, 2.45) is 0 Å². The molecule has 1 saturated heterocycles. The molecule has 2 N–H and O–H groups in total. The molecule has 98 valence electrons. The predicted octanol–water partition coefficient (Wildman–Crippen LogP) is 1.23. The summed E-state index contributed by atoms with van der Waals surface area (Å²) in [6.07, 6.45) is 0.812. The van der Waals surface area contributed by atoms with Crippen LogP contribution in [0.25, 0.3) is 0 Å². The molecule has 2 atom stereocenters. The smallest absolute Gasteiger partial charge is 0.321 e. The number of ether oxygens (including phenoxy) is 2. The quantitative estimate of drug-likeness (QED) is 0.842. The van der Waals surface area contributed by atoms with E-state index in [2.05, 4.69) is 5.32 Å². The van der Waals surface area contributed by atoms with E-state index in [1.807, 2.05) is 18.2 Å². The summed E-state index contributed by atoms with van der Waals surface area (Å²) in [5, 5.41) is 12.2. The van der Waals surface area contributed by atoms with Gasteiger partial charge in [0.05, 0.1) is 14.2 Å². The molecule has 0 radical (unpaired) electrons. The number of carboxylic acid groups (broad SMARTS) is 1. The maximum Gasteiger partial charge on any atom is 0.321 e. The van der Waals surface area contributed by atoms with Crippen LogP contribution >= 0.6 is 0 Å². The van der Waals surface area contributed by atoms with Crippen molar-refractivity contribution < 1.29 is 19.4 Å². The molecular formula is C13H17NO4. The zero-order valence-corrected chi connectivity index (χ0v) is 10.5. The van der Waals surface area contributed by atoms with Gasteiger partial charge in [-0.2, -0.15) is 0 Å². The first-order valence-corrected chi connectivity index (χ1v) is 5.85. The van der Waals surface area contributed by atoms with E-state index in [9.17, 15) is 4.79 Å². The van der Waals surface area contributed by atoms with Crippen molar-refractivity contribution >= 4 is 5.97 Å². The number of carboxylic acids is 1. The van der Waals surface area contributed by atoms with Crippen molar-refractivity contribution in [1.29, 1.82) is 0 Å². The highest BCUT2D eigenvalue weighted by Gasteiger charge is 2.33. The molecule has 1 aromatic rings. The van der Waals surface area contributed by atoms with E-state index in [0.717, 1.165) is 18.5 Å². The second kappa shape index (κ2) is 5.27. The molecule has 5 heteroatoms. The van der Waals surface area contributed by atoms with Crippen molar-refractivity contribution in [1.82, 2.24) is 5.32 Å². The highest BCUT2D eigenvalue weighted by molar-refractivity contribution is 5.75. The number of methoxy groups -OCH3 is 2. The van der Waals surface area contributed by atoms with Crippen LogP contribution in [-0.2, 0) is 4.79 Å². The van der Waals surface area contributed by atoms with Crippen LogP contribution in [0.5, 0.6) is 11.5 Å². The first-order valence-electron chi connectivity index (χ1n) is 5.85. The van der Waals surface area contributed by atoms with Gasteiger partial charge in [-0.15, -0.1) is 0 Å². The van der Waals surface area contributed by atoms with Crippen LogP contribution in [0.1, 0.15) is 17.9 Å². The average Bonchev–Trinajstić information content (AvgIpc) is 2.87. The lowest BCUT2D eigenvalue weighted by Gasteiger charge is -2.17. The van der Waals surface area contributed by atoms with E-state index in [4.69, 9.17) is 14.6 Å². The fourth-order valence-electron chi connectivity index (χ4n) is 2.41. The molecule has 2 rings (SSSR count). The van der Waals surface area contributed by atoms with Gasteiger partial charge in [0.15, 0.2) is 11.5 Å². The topological polar surface area (TPSA) is 67.8 Å². The van der Waals surface area contributed by atoms with Crippen LogP contribution < -0.4 is 14.8 Å². The average molecular weight is 251 g/mol. The van der Waals surface area contributed by atoms with Crippen molar-refractivity contribution in [3.8, 4) is 11.5 Å². The van der Waals surface area contributed by atoms with Gasteiger partial charge in [0.2, 0.25) is 0 Å². The lowest BCUT2D eigenvalue weighted by molar-refractivity contribution is -0.139. The van der Waals surface area contributed by atoms with Gasteiger partial charge in [0.1, 0.15) is 6.04 Å². The Hall–Kier alpha value is -1.75. The van der Waals surface area contributed by atoms with Gasteiger partial charge >= 0.3 is 5.97 Å². The molecule has 0 aromatic heterocycles. The summed E-state index contributed by atoms with van der Waals surface area (Å²) in [4.78, 5) is 11.1. The number of rotatable bonds is 4. The van der Waals surface area contributed by atoms with Crippen LogP contribution in [0, 0.1) is 0 Å². The van der Waals surface area contributed by atoms with E-state index in [1.165, 1.54) is 0 Å². The van der Waals surface area contributed by atoms with Gasteiger partial charge in [-0.1, -0.05) is 6.07 Å². The Kier molecular flexibility index (Phi) is 3.72. The fourth-order valence-corrected chi connectivity index (χ4v) is 2.41. The van der Waals surface area contributed by atoms with Crippen LogP contribution in [0.15, 0.2) is 18.2 Å². The summed E-state index contributed by atoms with van der Waals surface area (Å²) in [7, 11) is 3.15. The van der Waals surface area contributed by atoms with E-state index in [0.29, 0.717) is 11.5 Å². The molecule has 0 saturated carbocycles. The molecule has 5 nitrogen and oxygen atoms in total. The minimum absolute atomic E-state index is 0.0256. The van der Waals surface area contributed by atoms with Gasteiger partial charge in [-0.3, -0.25) is 4.79 Å². The second-order valence-corrected chi connectivity index (χ2v) is 4.28. The minimum atomic E-state index is -0.813. The minimum Gasteiger partial charge on any atom is -0.493 e. The van der Waals surface area contributed by atoms with E-state index >= 15 is 0 Å². The fraction of sp³-hybridized carbons (Fsp3) is 0.462. The molecule has 0 bridgehead atoms. The van der Waals surface area contributed by atoms with Crippen molar-refractivity contribution in [2.45, 2.75) is 18.4 Å². The zero-order chi connectivity index (χ0) is 13.1. The molecule has 18 heavy (non-hydrogen) atoms. The van der Waals surface area contributed by atoms with Crippen molar-refractivity contribution in [3.63, 3.8) is 0 Å².